The molecular formula is C10H9N3O3. The van der Waals surface area contributed by atoms with Crippen LogP contribution in [0.1, 0.15) is 11.8 Å². The third kappa shape index (κ3) is 1.78. The van der Waals surface area contributed by atoms with E-state index in [0.29, 0.717) is 5.69 Å². The van der Waals surface area contributed by atoms with Crippen molar-refractivity contribution in [1.82, 2.24) is 15.0 Å². The molecule has 2 rings (SSSR count). The van der Waals surface area contributed by atoms with Gasteiger partial charge in [-0.1, -0.05) is 23.4 Å². The Labute approximate surface area is 90.8 Å². The van der Waals surface area contributed by atoms with Crippen molar-refractivity contribution in [2.24, 2.45) is 0 Å². The first-order chi connectivity index (χ1) is 7.70. The molecule has 0 aliphatic heterocycles. The Kier molecular flexibility index (Phi) is 2.65. The summed E-state index contributed by atoms with van der Waals surface area (Å²) in [4.78, 5) is 10.7. The number of benzene rings is 1. The van der Waals surface area contributed by atoms with Gasteiger partial charge in [-0.3, -0.25) is 0 Å². The first-order valence-electron chi connectivity index (χ1n) is 4.57. The third-order valence-corrected chi connectivity index (χ3v) is 2.09. The zero-order valence-electron chi connectivity index (χ0n) is 8.19. The lowest BCUT2D eigenvalue weighted by Gasteiger charge is -2.07. The molecule has 0 bridgehead atoms. The Morgan fingerprint density at radius 2 is 2.00 bits per heavy atom. The molecule has 0 aliphatic rings. The number of aliphatic hydroxyl groups is 1. The van der Waals surface area contributed by atoms with E-state index in [1.165, 1.54) is 10.9 Å². The van der Waals surface area contributed by atoms with Crippen LogP contribution in [0.2, 0.25) is 0 Å². The molecule has 1 atom stereocenters. The number of carbonyl (C=O) groups is 1. The molecule has 0 amide bonds. The summed E-state index contributed by atoms with van der Waals surface area (Å²) in [5.41, 5.74) is 0.772. The fourth-order valence-corrected chi connectivity index (χ4v) is 1.33. The van der Waals surface area contributed by atoms with E-state index in [2.05, 4.69) is 10.3 Å². The molecule has 0 aliphatic carbocycles. The van der Waals surface area contributed by atoms with E-state index in [1.54, 1.807) is 24.3 Å². The van der Waals surface area contributed by atoms with Crippen molar-refractivity contribution in [3.05, 3.63) is 42.2 Å². The van der Waals surface area contributed by atoms with E-state index in [-0.39, 0.29) is 5.69 Å². The average Bonchev–Trinajstić information content (AvgIpc) is 2.77. The fraction of sp³-hybridized carbons (Fsp3) is 0.100. The number of aromatic nitrogens is 3. The number of rotatable bonds is 3. The van der Waals surface area contributed by atoms with Gasteiger partial charge in [-0.05, 0) is 12.1 Å². The van der Waals surface area contributed by atoms with Crippen molar-refractivity contribution in [2.75, 3.05) is 0 Å². The minimum Gasteiger partial charge on any atom is -0.479 e. The molecule has 1 aromatic heterocycles. The Hall–Kier alpha value is -2.21. The first-order valence-corrected chi connectivity index (χ1v) is 4.57. The number of para-hydroxylation sites is 1. The molecule has 1 heterocycles. The van der Waals surface area contributed by atoms with Crippen molar-refractivity contribution in [3.8, 4) is 5.69 Å². The molecular weight excluding hydrogens is 210 g/mol. The summed E-state index contributed by atoms with van der Waals surface area (Å²) < 4.78 is 1.29. The second-order valence-electron chi connectivity index (χ2n) is 3.15. The van der Waals surface area contributed by atoms with Gasteiger partial charge in [-0.2, -0.15) is 0 Å². The van der Waals surface area contributed by atoms with E-state index >= 15 is 0 Å². The largest absolute Gasteiger partial charge is 0.479 e. The second kappa shape index (κ2) is 4.11. The highest BCUT2D eigenvalue weighted by Gasteiger charge is 2.21. The summed E-state index contributed by atoms with van der Waals surface area (Å²) >= 11 is 0. The van der Waals surface area contributed by atoms with Crippen LogP contribution in [-0.2, 0) is 4.79 Å². The lowest BCUT2D eigenvalue weighted by molar-refractivity contribution is -0.147. The predicted molar refractivity (Wildman–Crippen MR) is 54.0 cm³/mol. The number of hydrogen-bond acceptors (Lipinski definition) is 4. The van der Waals surface area contributed by atoms with Gasteiger partial charge in [0.2, 0.25) is 0 Å². The standard InChI is InChI=1S/C10H9N3O3/c14-9(10(15)16)8-6-11-12-13(8)7-4-2-1-3-5-7/h1-6,9,14H,(H,15,16). The molecule has 6 heteroatoms. The highest BCUT2D eigenvalue weighted by Crippen LogP contribution is 2.15. The van der Waals surface area contributed by atoms with Crippen LogP contribution in [0.5, 0.6) is 0 Å². The lowest BCUT2D eigenvalue weighted by atomic mass is 10.2. The molecule has 0 saturated heterocycles. The van der Waals surface area contributed by atoms with Gasteiger partial charge in [-0.15, -0.1) is 5.10 Å². The van der Waals surface area contributed by atoms with Gasteiger partial charge in [-0.25, -0.2) is 9.48 Å². The van der Waals surface area contributed by atoms with Gasteiger partial charge in [0.15, 0.2) is 6.10 Å². The normalized spacial score (nSPS) is 12.3. The van der Waals surface area contributed by atoms with Gasteiger partial charge in [0.25, 0.3) is 0 Å². The maximum Gasteiger partial charge on any atom is 0.338 e. The van der Waals surface area contributed by atoms with Gasteiger partial charge >= 0.3 is 5.97 Å². The van der Waals surface area contributed by atoms with E-state index in [4.69, 9.17) is 5.11 Å². The summed E-state index contributed by atoms with van der Waals surface area (Å²) in [7, 11) is 0. The lowest BCUT2D eigenvalue weighted by Crippen LogP contribution is -2.15. The molecule has 2 N–H and O–H groups in total. The Morgan fingerprint density at radius 1 is 1.31 bits per heavy atom. The predicted octanol–water partition coefficient (Wildman–Crippen LogP) is 0.385. The molecule has 16 heavy (non-hydrogen) atoms. The van der Waals surface area contributed by atoms with Crippen molar-refractivity contribution in [1.29, 1.82) is 0 Å². The monoisotopic (exact) mass is 219 g/mol. The Bertz CT molecular complexity index is 495. The van der Waals surface area contributed by atoms with Crippen LogP contribution in [0, 0.1) is 0 Å². The smallest absolute Gasteiger partial charge is 0.338 e. The molecule has 82 valence electrons. The quantitative estimate of drug-likeness (QED) is 0.779. The van der Waals surface area contributed by atoms with E-state index in [9.17, 15) is 9.90 Å². The van der Waals surface area contributed by atoms with Crippen LogP contribution in [-0.4, -0.2) is 31.2 Å². The first kappa shape index (κ1) is 10.3. The molecule has 1 aromatic carbocycles. The van der Waals surface area contributed by atoms with Crippen LogP contribution >= 0.6 is 0 Å². The molecule has 0 saturated carbocycles. The minimum absolute atomic E-state index is 0.124. The number of aliphatic carboxylic acids is 1. The van der Waals surface area contributed by atoms with E-state index in [0.717, 1.165) is 0 Å². The van der Waals surface area contributed by atoms with Crippen LogP contribution in [0.15, 0.2) is 36.5 Å². The number of hydrogen-bond donors (Lipinski definition) is 2. The number of nitrogens with zero attached hydrogens (tertiary/aromatic N) is 3. The number of aliphatic hydroxyl groups excluding tert-OH is 1. The fourth-order valence-electron chi connectivity index (χ4n) is 1.33. The minimum atomic E-state index is -1.63. The van der Waals surface area contributed by atoms with Crippen LogP contribution in [0.4, 0.5) is 0 Å². The summed E-state index contributed by atoms with van der Waals surface area (Å²) in [6.45, 7) is 0. The zero-order chi connectivity index (χ0) is 11.5. The Balaban J connectivity index is 2.44. The maximum atomic E-state index is 10.7. The van der Waals surface area contributed by atoms with E-state index in [1.807, 2.05) is 6.07 Å². The zero-order valence-corrected chi connectivity index (χ0v) is 8.19. The van der Waals surface area contributed by atoms with E-state index < -0.39 is 12.1 Å². The maximum absolute atomic E-state index is 10.7. The van der Waals surface area contributed by atoms with Gasteiger partial charge in [0.05, 0.1) is 11.9 Å². The molecule has 1 unspecified atom stereocenters. The molecule has 6 nitrogen and oxygen atoms in total. The molecule has 0 spiro atoms. The number of carboxylic acid groups (broad SMARTS) is 1. The van der Waals surface area contributed by atoms with Crippen molar-refractivity contribution >= 4 is 5.97 Å². The highest BCUT2D eigenvalue weighted by molar-refractivity contribution is 5.73. The summed E-state index contributed by atoms with van der Waals surface area (Å²) in [6.07, 6.45) is -0.401. The van der Waals surface area contributed by atoms with Crippen molar-refractivity contribution in [2.45, 2.75) is 6.10 Å². The molecule has 0 radical (unpaired) electrons. The summed E-state index contributed by atoms with van der Waals surface area (Å²) in [5, 5.41) is 25.5. The van der Waals surface area contributed by atoms with Crippen molar-refractivity contribution < 1.29 is 15.0 Å². The van der Waals surface area contributed by atoms with Gasteiger partial charge in [0, 0.05) is 0 Å². The van der Waals surface area contributed by atoms with Crippen LogP contribution in [0.25, 0.3) is 5.69 Å². The van der Waals surface area contributed by atoms with Crippen LogP contribution < -0.4 is 0 Å². The van der Waals surface area contributed by atoms with Crippen LogP contribution in [0.3, 0.4) is 0 Å². The molecule has 2 aromatic rings. The molecule has 0 fully saturated rings. The Morgan fingerprint density at radius 3 is 2.62 bits per heavy atom. The second-order valence-corrected chi connectivity index (χ2v) is 3.15. The van der Waals surface area contributed by atoms with Gasteiger partial charge < -0.3 is 10.2 Å². The summed E-state index contributed by atoms with van der Waals surface area (Å²) in [5.74, 6) is -1.33. The topological polar surface area (TPSA) is 88.2 Å². The van der Waals surface area contributed by atoms with Crippen molar-refractivity contribution in [3.63, 3.8) is 0 Å². The number of carboxylic acids is 1. The third-order valence-electron chi connectivity index (χ3n) is 2.09. The average molecular weight is 219 g/mol. The highest BCUT2D eigenvalue weighted by atomic mass is 16.4. The van der Waals surface area contributed by atoms with Gasteiger partial charge in [0.1, 0.15) is 5.69 Å². The SMILES string of the molecule is O=C(O)C(O)c1cnnn1-c1ccccc1. The summed E-state index contributed by atoms with van der Waals surface area (Å²) in [6, 6.07) is 8.88.